The van der Waals surface area contributed by atoms with Gasteiger partial charge in [0.25, 0.3) is 0 Å². The Hall–Kier alpha value is -1.55. The molecule has 2 atom stereocenters. The third-order valence-electron chi connectivity index (χ3n) is 3.16. The lowest BCUT2D eigenvalue weighted by Gasteiger charge is -2.27. The van der Waals surface area contributed by atoms with Crippen LogP contribution in [0, 0.1) is 0 Å². The van der Waals surface area contributed by atoms with Crippen LogP contribution < -0.4 is 15.8 Å². The van der Waals surface area contributed by atoms with Crippen molar-refractivity contribution in [1.82, 2.24) is 5.32 Å². The van der Waals surface area contributed by atoms with Gasteiger partial charge in [0.2, 0.25) is 5.91 Å². The molecular weight excluding hydrogens is 228 g/mol. The Bertz CT molecular complexity index is 420. The molecule has 0 aliphatic carbocycles. The highest BCUT2D eigenvalue weighted by atomic mass is 16.5. The number of benzene rings is 1. The minimum Gasteiger partial charge on any atom is -0.491 e. The minimum atomic E-state index is -0.410. The lowest BCUT2D eigenvalue weighted by Crippen LogP contribution is -2.49. The van der Waals surface area contributed by atoms with Crippen molar-refractivity contribution in [2.24, 2.45) is 5.73 Å². The molecule has 0 saturated carbocycles. The van der Waals surface area contributed by atoms with Crippen molar-refractivity contribution in [2.45, 2.75) is 38.3 Å². The van der Waals surface area contributed by atoms with Crippen molar-refractivity contribution >= 4 is 5.91 Å². The molecule has 0 spiro atoms. The molecule has 18 heavy (non-hydrogen) atoms. The molecule has 2 rings (SSSR count). The van der Waals surface area contributed by atoms with Crippen molar-refractivity contribution in [1.29, 1.82) is 0 Å². The van der Waals surface area contributed by atoms with Gasteiger partial charge in [-0.05, 0) is 24.5 Å². The van der Waals surface area contributed by atoms with Crippen molar-refractivity contribution in [3.05, 3.63) is 29.8 Å². The average molecular weight is 248 g/mol. The molecule has 1 aliphatic heterocycles. The summed E-state index contributed by atoms with van der Waals surface area (Å²) in [5.41, 5.74) is 6.92. The number of carbonyl (C=O) groups is 1. The first kappa shape index (κ1) is 12.9. The van der Waals surface area contributed by atoms with Crippen LogP contribution in [0.3, 0.4) is 0 Å². The first-order valence-corrected chi connectivity index (χ1v) is 6.47. The zero-order chi connectivity index (χ0) is 13.0. The Balaban J connectivity index is 1.92. The molecule has 0 aromatic heterocycles. The second-order valence-electron chi connectivity index (χ2n) is 4.72. The maximum atomic E-state index is 11.8. The Labute approximate surface area is 108 Å². The van der Waals surface area contributed by atoms with E-state index in [-0.39, 0.29) is 11.9 Å². The average Bonchev–Trinajstić information content (AvgIpc) is 2.39. The summed E-state index contributed by atoms with van der Waals surface area (Å²) in [5, 5.41) is 2.96. The van der Waals surface area contributed by atoms with Gasteiger partial charge in [0.1, 0.15) is 12.4 Å². The Morgan fingerprint density at radius 3 is 3.11 bits per heavy atom. The normalized spacial score (nSPS) is 19.6. The molecule has 98 valence electrons. The van der Waals surface area contributed by atoms with Gasteiger partial charge in [-0.2, -0.15) is 0 Å². The summed E-state index contributed by atoms with van der Waals surface area (Å²) < 4.78 is 5.62. The molecule has 1 aromatic rings. The number of hydrogen-bond donors (Lipinski definition) is 2. The number of nitrogens with two attached hydrogens (primary N) is 1. The first-order chi connectivity index (χ1) is 8.70. The van der Waals surface area contributed by atoms with E-state index in [2.05, 4.69) is 5.32 Å². The fourth-order valence-corrected chi connectivity index (χ4v) is 2.17. The van der Waals surface area contributed by atoms with Crippen LogP contribution in [-0.4, -0.2) is 24.6 Å². The third kappa shape index (κ3) is 3.01. The van der Waals surface area contributed by atoms with Crippen molar-refractivity contribution in [3.8, 4) is 5.75 Å². The summed E-state index contributed by atoms with van der Waals surface area (Å²) in [6.07, 6.45) is 2.44. The highest BCUT2D eigenvalue weighted by Crippen LogP contribution is 2.23. The molecule has 1 heterocycles. The Morgan fingerprint density at radius 1 is 1.56 bits per heavy atom. The second-order valence-corrected chi connectivity index (χ2v) is 4.72. The van der Waals surface area contributed by atoms with E-state index in [0.717, 1.165) is 30.6 Å². The van der Waals surface area contributed by atoms with E-state index in [1.54, 1.807) is 0 Å². The van der Waals surface area contributed by atoms with Crippen molar-refractivity contribution in [3.63, 3.8) is 0 Å². The van der Waals surface area contributed by atoms with E-state index in [1.165, 1.54) is 0 Å². The molecular formula is C14H20N2O2. The maximum absolute atomic E-state index is 11.8. The number of rotatable bonds is 4. The monoisotopic (exact) mass is 248 g/mol. The molecule has 0 bridgehead atoms. The SMILES string of the molecule is CCCC(N)C(=O)NC1COc2ccccc2C1. The van der Waals surface area contributed by atoms with Crippen LogP contribution in [0.5, 0.6) is 5.75 Å². The van der Waals surface area contributed by atoms with E-state index in [9.17, 15) is 4.79 Å². The van der Waals surface area contributed by atoms with Gasteiger partial charge in [-0.1, -0.05) is 31.5 Å². The van der Waals surface area contributed by atoms with E-state index in [0.29, 0.717) is 6.61 Å². The van der Waals surface area contributed by atoms with Crippen LogP contribution >= 0.6 is 0 Å². The van der Waals surface area contributed by atoms with Crippen LogP contribution in [0.1, 0.15) is 25.3 Å². The van der Waals surface area contributed by atoms with E-state index in [1.807, 2.05) is 31.2 Å². The summed E-state index contributed by atoms with van der Waals surface area (Å²) in [6, 6.07) is 7.53. The molecule has 0 radical (unpaired) electrons. The Kier molecular flexibility index (Phi) is 4.20. The highest BCUT2D eigenvalue weighted by Gasteiger charge is 2.22. The number of fused-ring (bicyclic) bond motifs is 1. The standard InChI is InChI=1S/C14H20N2O2/c1-2-5-12(15)14(17)16-11-8-10-6-3-4-7-13(10)18-9-11/h3-4,6-7,11-12H,2,5,8-9,15H2,1H3,(H,16,17). The molecule has 0 saturated heterocycles. The van der Waals surface area contributed by atoms with Crippen LogP contribution in [-0.2, 0) is 11.2 Å². The summed E-state index contributed by atoms with van der Waals surface area (Å²) in [7, 11) is 0. The van der Waals surface area contributed by atoms with Crippen molar-refractivity contribution in [2.75, 3.05) is 6.61 Å². The molecule has 4 nitrogen and oxygen atoms in total. The summed E-state index contributed by atoms with van der Waals surface area (Å²) in [6.45, 7) is 2.54. The first-order valence-electron chi connectivity index (χ1n) is 6.47. The second kappa shape index (κ2) is 5.87. The van der Waals surface area contributed by atoms with Crippen LogP contribution in [0.15, 0.2) is 24.3 Å². The topological polar surface area (TPSA) is 64.4 Å². The predicted molar refractivity (Wildman–Crippen MR) is 70.5 cm³/mol. The summed E-state index contributed by atoms with van der Waals surface area (Å²) in [5.74, 6) is 0.839. The number of ether oxygens (including phenoxy) is 1. The molecule has 1 aliphatic rings. The molecule has 3 N–H and O–H groups in total. The zero-order valence-corrected chi connectivity index (χ0v) is 10.7. The summed E-state index contributed by atoms with van der Waals surface area (Å²) >= 11 is 0. The number of nitrogens with one attached hydrogen (secondary N) is 1. The fourth-order valence-electron chi connectivity index (χ4n) is 2.17. The van der Waals surface area contributed by atoms with Gasteiger partial charge in [-0.3, -0.25) is 4.79 Å². The quantitative estimate of drug-likeness (QED) is 0.842. The van der Waals surface area contributed by atoms with Gasteiger partial charge in [-0.15, -0.1) is 0 Å². The van der Waals surface area contributed by atoms with E-state index < -0.39 is 6.04 Å². The Morgan fingerprint density at radius 2 is 2.33 bits per heavy atom. The van der Waals surface area contributed by atoms with Crippen LogP contribution in [0.2, 0.25) is 0 Å². The number of carbonyl (C=O) groups excluding carboxylic acids is 1. The molecule has 2 unspecified atom stereocenters. The van der Waals surface area contributed by atoms with Gasteiger partial charge >= 0.3 is 0 Å². The molecule has 4 heteroatoms. The van der Waals surface area contributed by atoms with Gasteiger partial charge < -0.3 is 15.8 Å². The molecule has 0 fully saturated rings. The minimum absolute atomic E-state index is 0.0234. The highest BCUT2D eigenvalue weighted by molar-refractivity contribution is 5.81. The van der Waals surface area contributed by atoms with Gasteiger partial charge in [-0.25, -0.2) is 0 Å². The largest absolute Gasteiger partial charge is 0.491 e. The van der Waals surface area contributed by atoms with Gasteiger partial charge in [0, 0.05) is 0 Å². The number of para-hydroxylation sites is 1. The molecule has 1 amide bonds. The van der Waals surface area contributed by atoms with E-state index >= 15 is 0 Å². The molecule has 1 aromatic carbocycles. The van der Waals surface area contributed by atoms with Crippen LogP contribution in [0.25, 0.3) is 0 Å². The van der Waals surface area contributed by atoms with Crippen LogP contribution in [0.4, 0.5) is 0 Å². The lowest BCUT2D eigenvalue weighted by molar-refractivity contribution is -0.123. The smallest absolute Gasteiger partial charge is 0.237 e. The van der Waals surface area contributed by atoms with Gasteiger partial charge in [0.15, 0.2) is 0 Å². The number of hydrogen-bond acceptors (Lipinski definition) is 3. The summed E-state index contributed by atoms with van der Waals surface area (Å²) in [4.78, 5) is 11.8. The van der Waals surface area contributed by atoms with E-state index in [4.69, 9.17) is 10.5 Å². The van der Waals surface area contributed by atoms with Crippen molar-refractivity contribution < 1.29 is 9.53 Å². The lowest BCUT2D eigenvalue weighted by atomic mass is 10.0. The van der Waals surface area contributed by atoms with Gasteiger partial charge in [0.05, 0.1) is 12.1 Å². The number of amides is 1. The fraction of sp³-hybridized carbons (Fsp3) is 0.500. The maximum Gasteiger partial charge on any atom is 0.237 e. The zero-order valence-electron chi connectivity index (χ0n) is 10.7. The third-order valence-corrected chi connectivity index (χ3v) is 3.16. The predicted octanol–water partition coefficient (Wildman–Crippen LogP) is 1.23.